The molecule has 1 aliphatic carbocycles. The summed E-state index contributed by atoms with van der Waals surface area (Å²) in [6, 6.07) is 9.43. The largest absolute Gasteiger partial charge is 0.466 e. The van der Waals surface area contributed by atoms with Gasteiger partial charge in [-0.15, -0.1) is 0 Å². The van der Waals surface area contributed by atoms with Crippen LogP contribution < -0.4 is 0 Å². The maximum atomic E-state index is 12.9. The normalized spacial score (nSPS) is 30.3. The first-order valence-electron chi connectivity index (χ1n) is 11.1. The van der Waals surface area contributed by atoms with Crippen molar-refractivity contribution in [1.82, 2.24) is 4.90 Å². The summed E-state index contributed by atoms with van der Waals surface area (Å²) in [4.78, 5) is 27.0. The molecule has 0 bridgehead atoms. The molecule has 2 saturated heterocycles. The average Bonchev–Trinajstić information content (AvgIpc) is 3.52. The Labute approximate surface area is 177 Å². The van der Waals surface area contributed by atoms with Gasteiger partial charge in [-0.2, -0.15) is 0 Å². The molecule has 2 heterocycles. The molecule has 2 aliphatic heterocycles. The Morgan fingerprint density at radius 2 is 1.97 bits per heavy atom. The smallest absolute Gasteiger partial charge is 0.410 e. The number of hydrogen-bond donors (Lipinski definition) is 0. The number of likely N-dealkylation sites (tertiary alicyclic amines) is 1. The average molecular weight is 418 g/mol. The number of benzene rings is 1. The Morgan fingerprint density at radius 3 is 2.70 bits per heavy atom. The van der Waals surface area contributed by atoms with Gasteiger partial charge in [0.05, 0.1) is 25.2 Å². The predicted octanol–water partition coefficient (Wildman–Crippen LogP) is 3.37. The Morgan fingerprint density at radius 1 is 1.13 bits per heavy atom. The Hall–Kier alpha value is -2.12. The van der Waals surface area contributed by atoms with E-state index in [2.05, 4.69) is 0 Å². The molecule has 1 amide bonds. The van der Waals surface area contributed by atoms with Crippen molar-refractivity contribution in [2.24, 2.45) is 17.8 Å². The predicted molar refractivity (Wildman–Crippen MR) is 108 cm³/mol. The molecule has 5 atom stereocenters. The fourth-order valence-electron chi connectivity index (χ4n) is 4.81. The lowest BCUT2D eigenvalue weighted by Crippen LogP contribution is -2.48. The zero-order chi connectivity index (χ0) is 20.9. The number of nitrogens with zero attached hydrogens (tertiary/aromatic N) is 1. The molecule has 1 saturated carbocycles. The molecule has 30 heavy (non-hydrogen) atoms. The van der Waals surface area contributed by atoms with Crippen LogP contribution in [0.3, 0.4) is 0 Å². The van der Waals surface area contributed by atoms with Gasteiger partial charge >= 0.3 is 12.1 Å². The van der Waals surface area contributed by atoms with Crippen molar-refractivity contribution in [2.75, 3.05) is 26.4 Å². The van der Waals surface area contributed by atoms with Crippen molar-refractivity contribution in [1.29, 1.82) is 0 Å². The number of amides is 1. The number of hydrogen-bond acceptors (Lipinski definition) is 6. The highest BCUT2D eigenvalue weighted by molar-refractivity contribution is 5.77. The quantitative estimate of drug-likeness (QED) is 0.634. The van der Waals surface area contributed by atoms with E-state index in [0.717, 1.165) is 31.2 Å². The van der Waals surface area contributed by atoms with Gasteiger partial charge in [0.1, 0.15) is 6.61 Å². The molecule has 7 nitrogen and oxygen atoms in total. The van der Waals surface area contributed by atoms with E-state index in [0.29, 0.717) is 26.4 Å². The minimum atomic E-state index is -0.357. The van der Waals surface area contributed by atoms with Crippen LogP contribution >= 0.6 is 0 Å². The van der Waals surface area contributed by atoms with E-state index in [1.54, 1.807) is 4.90 Å². The van der Waals surface area contributed by atoms with Crippen molar-refractivity contribution in [3.05, 3.63) is 35.9 Å². The van der Waals surface area contributed by atoms with Crippen LogP contribution in [0.5, 0.6) is 0 Å². The molecule has 0 N–H and O–H groups in total. The second kappa shape index (κ2) is 9.79. The zero-order valence-electron chi connectivity index (χ0n) is 17.5. The van der Waals surface area contributed by atoms with Gasteiger partial charge in [-0.05, 0) is 50.0 Å². The van der Waals surface area contributed by atoms with E-state index in [-0.39, 0.29) is 48.8 Å². The van der Waals surface area contributed by atoms with Crippen LogP contribution in [0, 0.1) is 17.8 Å². The molecule has 164 valence electrons. The standard InChI is InChI=1S/C23H31NO6/c1-2-27-22(25)21-17-11-12-24(23(26)30-14-16-8-4-3-5-9-16)18(20(17)21)15-29-19-10-6-7-13-28-19/h3-5,8-9,17-21H,2,6-7,10-15H2,1H3. The highest BCUT2D eigenvalue weighted by Gasteiger charge is 2.63. The minimum absolute atomic E-state index is 0.0608. The third-order valence-corrected chi connectivity index (χ3v) is 6.37. The Balaban J connectivity index is 1.40. The maximum absolute atomic E-state index is 12.9. The van der Waals surface area contributed by atoms with Crippen molar-refractivity contribution >= 4 is 12.1 Å². The molecular weight excluding hydrogens is 386 g/mol. The van der Waals surface area contributed by atoms with Gasteiger partial charge in [0, 0.05) is 13.2 Å². The molecule has 3 fully saturated rings. The molecule has 0 aromatic heterocycles. The van der Waals surface area contributed by atoms with E-state index in [4.69, 9.17) is 18.9 Å². The zero-order valence-corrected chi connectivity index (χ0v) is 17.5. The summed E-state index contributed by atoms with van der Waals surface area (Å²) in [6.45, 7) is 4.03. The van der Waals surface area contributed by atoms with Crippen LogP contribution in [0.4, 0.5) is 4.79 Å². The van der Waals surface area contributed by atoms with Gasteiger partial charge in [-0.1, -0.05) is 30.3 Å². The lowest BCUT2D eigenvalue weighted by Gasteiger charge is -2.35. The van der Waals surface area contributed by atoms with E-state index in [1.807, 2.05) is 37.3 Å². The molecule has 7 heteroatoms. The molecule has 4 rings (SSSR count). The van der Waals surface area contributed by atoms with Crippen LogP contribution in [0.15, 0.2) is 30.3 Å². The number of rotatable bonds is 7. The monoisotopic (exact) mass is 417 g/mol. The maximum Gasteiger partial charge on any atom is 0.410 e. The summed E-state index contributed by atoms with van der Waals surface area (Å²) < 4.78 is 22.6. The first kappa shape index (κ1) is 21.1. The third kappa shape index (κ3) is 4.78. The van der Waals surface area contributed by atoms with Crippen LogP contribution in [0.25, 0.3) is 0 Å². The van der Waals surface area contributed by atoms with Crippen LogP contribution in [-0.4, -0.2) is 55.7 Å². The lowest BCUT2D eigenvalue weighted by atomic mass is 10.0. The topological polar surface area (TPSA) is 74.3 Å². The summed E-state index contributed by atoms with van der Waals surface area (Å²) in [5.41, 5.74) is 0.944. The second-order valence-corrected chi connectivity index (χ2v) is 8.24. The van der Waals surface area contributed by atoms with Crippen molar-refractivity contribution < 1.29 is 28.5 Å². The van der Waals surface area contributed by atoms with Crippen molar-refractivity contribution in [3.63, 3.8) is 0 Å². The molecule has 0 radical (unpaired) electrons. The Bertz CT molecular complexity index is 720. The lowest BCUT2D eigenvalue weighted by molar-refractivity contribution is -0.172. The summed E-state index contributed by atoms with van der Waals surface area (Å²) in [5.74, 6) is -0.00238. The van der Waals surface area contributed by atoms with E-state index < -0.39 is 0 Å². The number of carbonyl (C=O) groups is 2. The molecule has 3 aliphatic rings. The summed E-state index contributed by atoms with van der Waals surface area (Å²) in [5, 5.41) is 0. The number of carbonyl (C=O) groups excluding carboxylic acids is 2. The molecule has 1 aromatic carbocycles. The first-order valence-corrected chi connectivity index (χ1v) is 11.1. The highest BCUT2D eigenvalue weighted by atomic mass is 16.7. The van der Waals surface area contributed by atoms with Gasteiger partial charge in [0.15, 0.2) is 6.29 Å². The van der Waals surface area contributed by atoms with Crippen LogP contribution in [0.2, 0.25) is 0 Å². The van der Waals surface area contributed by atoms with E-state index >= 15 is 0 Å². The summed E-state index contributed by atoms with van der Waals surface area (Å²) >= 11 is 0. The van der Waals surface area contributed by atoms with Crippen molar-refractivity contribution in [3.8, 4) is 0 Å². The number of piperidine rings is 1. The Kier molecular flexibility index (Phi) is 6.89. The van der Waals surface area contributed by atoms with Gasteiger partial charge in [0.2, 0.25) is 0 Å². The van der Waals surface area contributed by atoms with Gasteiger partial charge in [0.25, 0.3) is 0 Å². The van der Waals surface area contributed by atoms with Gasteiger partial charge < -0.3 is 23.8 Å². The summed E-state index contributed by atoms with van der Waals surface area (Å²) in [6.07, 6.45) is 3.18. The molecular formula is C23H31NO6. The molecule has 5 unspecified atom stereocenters. The minimum Gasteiger partial charge on any atom is -0.466 e. The van der Waals surface area contributed by atoms with Gasteiger partial charge in [-0.25, -0.2) is 4.79 Å². The summed E-state index contributed by atoms with van der Waals surface area (Å²) in [7, 11) is 0. The fourth-order valence-corrected chi connectivity index (χ4v) is 4.81. The third-order valence-electron chi connectivity index (χ3n) is 6.37. The van der Waals surface area contributed by atoms with Gasteiger partial charge in [-0.3, -0.25) is 4.79 Å². The second-order valence-electron chi connectivity index (χ2n) is 8.24. The van der Waals surface area contributed by atoms with E-state index in [9.17, 15) is 9.59 Å². The molecule has 1 aromatic rings. The van der Waals surface area contributed by atoms with E-state index in [1.165, 1.54) is 0 Å². The first-order chi connectivity index (χ1) is 14.7. The van der Waals surface area contributed by atoms with Crippen LogP contribution in [0.1, 0.15) is 38.2 Å². The van der Waals surface area contributed by atoms with Crippen LogP contribution in [-0.2, 0) is 30.3 Å². The number of fused-ring (bicyclic) bond motifs is 1. The number of esters is 1. The molecule has 0 spiro atoms. The van der Waals surface area contributed by atoms with Crippen molar-refractivity contribution in [2.45, 2.75) is 51.5 Å². The fraction of sp³-hybridized carbons (Fsp3) is 0.652. The SMILES string of the molecule is CCOC(=O)C1C2CCN(C(=O)OCc3ccccc3)C(COC3CCCCO3)C21. The number of ether oxygens (including phenoxy) is 4. The highest BCUT2D eigenvalue weighted by Crippen LogP contribution is 2.55.